The van der Waals surface area contributed by atoms with Crippen LogP contribution in [0.1, 0.15) is 154 Å². The summed E-state index contributed by atoms with van der Waals surface area (Å²) in [6.45, 7) is 10.0. The number of carbonyl (C=O) groups excluding carboxylic acids is 3. The van der Waals surface area contributed by atoms with Gasteiger partial charge >= 0.3 is 5.97 Å². The first-order valence-corrected chi connectivity index (χ1v) is 30.2. The van der Waals surface area contributed by atoms with Gasteiger partial charge in [-0.3, -0.25) is 23.2 Å². The van der Waals surface area contributed by atoms with E-state index in [0.717, 1.165) is 109 Å². The van der Waals surface area contributed by atoms with Crippen molar-refractivity contribution in [2.45, 2.75) is 159 Å². The van der Waals surface area contributed by atoms with Gasteiger partial charge in [0.05, 0.1) is 21.8 Å². The van der Waals surface area contributed by atoms with Gasteiger partial charge in [0, 0.05) is 79.0 Å². The number of hydrogen-bond acceptors (Lipinski definition) is 12. The highest BCUT2D eigenvalue weighted by Gasteiger charge is 2.44. The van der Waals surface area contributed by atoms with Crippen LogP contribution < -0.4 is 10.2 Å². The molecule has 0 radical (unpaired) electrons. The van der Waals surface area contributed by atoms with E-state index in [1.807, 2.05) is 26.0 Å². The summed E-state index contributed by atoms with van der Waals surface area (Å²) >= 11 is 0. The van der Waals surface area contributed by atoms with Crippen molar-refractivity contribution < 1.29 is 62.7 Å². The fourth-order valence-electron chi connectivity index (χ4n) is 10.4. The van der Waals surface area contributed by atoms with Crippen molar-refractivity contribution in [2.75, 3.05) is 36.0 Å². The van der Waals surface area contributed by atoms with E-state index >= 15 is 0 Å². The Morgan fingerprint density at radius 3 is 2.00 bits per heavy atom. The summed E-state index contributed by atoms with van der Waals surface area (Å²) in [5.41, 5.74) is 7.71. The fourth-order valence-corrected chi connectivity index (χ4v) is 12.0. The Kier molecular flexibility index (Phi) is 19.3. The molecule has 2 aromatic carbocycles. The van der Waals surface area contributed by atoms with Gasteiger partial charge < -0.3 is 15.1 Å². The number of imide groups is 1. The number of para-hydroxylation sites is 1. The summed E-state index contributed by atoms with van der Waals surface area (Å²) in [4.78, 5) is 42.4. The highest BCUT2D eigenvalue weighted by molar-refractivity contribution is 7.86. The van der Waals surface area contributed by atoms with Crippen LogP contribution >= 0.6 is 0 Å². The molecule has 0 unspecified atom stereocenters. The Bertz CT molecular complexity index is 2880. The van der Waals surface area contributed by atoms with Gasteiger partial charge in [0.1, 0.15) is 6.54 Å². The first kappa shape index (κ1) is 57.3. The first-order valence-electron chi connectivity index (χ1n) is 25.6. The second-order valence-electron chi connectivity index (χ2n) is 20.5. The summed E-state index contributed by atoms with van der Waals surface area (Å²) in [6, 6.07) is 12.7. The third-order valence-electron chi connectivity index (χ3n) is 14.3. The normalized spacial score (nSPS) is 19.0. The number of unbranched alkanes of at least 4 members (excludes halogenated alkanes) is 9. The first-order chi connectivity index (χ1) is 34.4. The molecule has 2 aromatic rings. The van der Waals surface area contributed by atoms with Crippen LogP contribution in [0.25, 0.3) is 0 Å². The topological polar surface area (TPSA) is 245 Å². The van der Waals surface area contributed by atoms with E-state index in [-0.39, 0.29) is 47.5 Å². The van der Waals surface area contributed by atoms with Crippen molar-refractivity contribution in [2.24, 2.45) is 0 Å². The smallest absolute Gasteiger partial charge is 0.333 e. The minimum Gasteiger partial charge on any atom is -0.385 e. The average Bonchev–Trinajstić information content (AvgIpc) is 3.83. The van der Waals surface area contributed by atoms with Gasteiger partial charge in [-0.2, -0.15) is 29.8 Å². The lowest BCUT2D eigenvalue weighted by Crippen LogP contribution is -2.31. The molecule has 1 fully saturated rings. The molecule has 4 aliphatic rings. The van der Waals surface area contributed by atoms with Crippen LogP contribution in [-0.2, 0) is 60.4 Å². The Labute approximate surface area is 431 Å². The number of benzene rings is 2. The fraction of sp³-hybridized carbons (Fsp3) is 0.547. The zero-order chi connectivity index (χ0) is 53.2. The summed E-state index contributed by atoms with van der Waals surface area (Å²) in [6.07, 6.45) is 20.2. The highest BCUT2D eigenvalue weighted by Crippen LogP contribution is 2.49. The van der Waals surface area contributed by atoms with Gasteiger partial charge in [0.15, 0.2) is 5.71 Å². The lowest BCUT2D eigenvalue weighted by Gasteiger charge is -2.28. The van der Waals surface area contributed by atoms with Crippen LogP contribution in [0.2, 0.25) is 0 Å². The molecule has 3 aliphatic heterocycles. The van der Waals surface area contributed by atoms with E-state index in [2.05, 4.69) is 65.1 Å². The minimum atomic E-state index is -4.50. The van der Waals surface area contributed by atoms with Crippen molar-refractivity contribution >= 4 is 65.2 Å². The molecule has 0 bridgehead atoms. The highest BCUT2D eigenvalue weighted by atomic mass is 32.2. The van der Waals surface area contributed by atoms with Gasteiger partial charge in [0.25, 0.3) is 42.2 Å². The van der Waals surface area contributed by atoms with Crippen LogP contribution in [0.3, 0.4) is 0 Å². The predicted molar refractivity (Wildman–Crippen MR) is 280 cm³/mol. The molecular weight excluding hydrogens is 997 g/mol. The Hall–Kier alpha value is -4.99. The van der Waals surface area contributed by atoms with E-state index in [0.29, 0.717) is 55.9 Å². The third kappa shape index (κ3) is 15.3. The maximum Gasteiger partial charge on any atom is 0.333 e. The minimum absolute atomic E-state index is 0.0629. The van der Waals surface area contributed by atoms with Crippen LogP contribution in [0.15, 0.2) is 94.2 Å². The summed E-state index contributed by atoms with van der Waals surface area (Å²) in [5, 5.41) is 4.40. The maximum absolute atomic E-state index is 12.3. The lowest BCUT2D eigenvalue weighted by atomic mass is 9.81. The predicted octanol–water partition coefficient (Wildman–Crippen LogP) is 8.96. The SMILES string of the molecule is CC1(C)C(=C/C=C2\CCCC(/C=C/C3=[N+](CCCCS(=O)(=O)O)c4ccccc4C3(C)C)=C2NCCCCCCCCCCC(=O)ON2C(=O)CCC2=O)N(CCCCS(=O)(=O)O)c2ccc(S(=O)(=O)O)cc21. The van der Waals surface area contributed by atoms with Crippen LogP contribution in [0.5, 0.6) is 0 Å². The zero-order valence-electron chi connectivity index (χ0n) is 42.6. The monoisotopic (exact) mass is 1070 g/mol. The number of anilines is 1. The van der Waals surface area contributed by atoms with Crippen molar-refractivity contribution in [3.05, 3.63) is 100 Å². The Balaban J connectivity index is 1.22. The molecule has 73 heavy (non-hydrogen) atoms. The number of nitrogens with zero attached hydrogens (tertiary/aromatic N) is 3. The number of hydroxylamine groups is 2. The molecule has 2 amide bonds. The maximum atomic E-state index is 12.3. The number of rotatable bonds is 27. The van der Waals surface area contributed by atoms with E-state index in [1.165, 1.54) is 12.1 Å². The van der Waals surface area contributed by atoms with Gasteiger partial charge in [-0.15, -0.1) is 5.06 Å². The van der Waals surface area contributed by atoms with Crippen molar-refractivity contribution in [1.29, 1.82) is 0 Å². The molecule has 1 saturated heterocycles. The molecule has 0 atom stereocenters. The van der Waals surface area contributed by atoms with E-state index in [4.69, 9.17) is 4.84 Å². The van der Waals surface area contributed by atoms with Gasteiger partial charge in [-0.25, -0.2) is 4.79 Å². The molecule has 0 saturated carbocycles. The van der Waals surface area contributed by atoms with Crippen LogP contribution in [0, 0.1) is 0 Å². The summed E-state index contributed by atoms with van der Waals surface area (Å²) in [5.74, 6) is -2.24. The number of carbonyl (C=O) groups is 3. The molecule has 4 N–H and O–H groups in total. The number of allylic oxidation sites excluding steroid dienone is 7. The number of amides is 2. The largest absolute Gasteiger partial charge is 0.385 e. The molecule has 0 spiro atoms. The van der Waals surface area contributed by atoms with Gasteiger partial charge in [-0.05, 0) is 106 Å². The molecule has 6 rings (SSSR count). The Morgan fingerprint density at radius 2 is 1.34 bits per heavy atom. The third-order valence-corrected chi connectivity index (χ3v) is 16.7. The molecule has 3 heterocycles. The second kappa shape index (κ2) is 24.6. The summed E-state index contributed by atoms with van der Waals surface area (Å²) < 4.78 is 102. The summed E-state index contributed by atoms with van der Waals surface area (Å²) in [7, 11) is -12.7. The Morgan fingerprint density at radius 1 is 0.712 bits per heavy atom. The quantitative estimate of drug-likeness (QED) is 0.0282. The van der Waals surface area contributed by atoms with Crippen LogP contribution in [0.4, 0.5) is 11.4 Å². The zero-order valence-corrected chi connectivity index (χ0v) is 45.1. The van der Waals surface area contributed by atoms with E-state index in [9.17, 15) is 53.3 Å². The van der Waals surface area contributed by atoms with E-state index < -0.39 is 53.6 Å². The number of hydrogen-bond donors (Lipinski definition) is 4. The van der Waals surface area contributed by atoms with E-state index in [1.54, 1.807) is 6.07 Å². The van der Waals surface area contributed by atoms with Gasteiger partial charge in [0.2, 0.25) is 5.69 Å². The second-order valence-corrected chi connectivity index (χ2v) is 25.0. The lowest BCUT2D eigenvalue weighted by molar-refractivity contribution is -0.438. The molecule has 17 nitrogen and oxygen atoms in total. The number of fused-ring (bicyclic) bond motifs is 2. The molecule has 20 heteroatoms. The number of nitrogens with one attached hydrogen (secondary N) is 1. The molecule has 1 aliphatic carbocycles. The van der Waals surface area contributed by atoms with Crippen molar-refractivity contribution in [3.8, 4) is 0 Å². The molecule has 400 valence electrons. The average molecular weight is 1070 g/mol. The molecular formula is C53H73N4O13S3+. The van der Waals surface area contributed by atoms with Crippen LogP contribution in [-0.4, -0.2) is 103 Å². The standard InChI is InChI=1S/C53H72N4O13S3/c1-52(2)42-22-12-13-23-44(42)55(34-15-17-36-71(61,62)63)46(52)29-25-39-20-19-21-40(51(39)54-33-14-10-8-6-5-7-9-11-24-50(60)70-57-48(58)31-32-49(57)59)26-30-47-53(3,4)43-38-41(73(67,68)69)27-28-45(43)56(47)35-16-18-37-72(64,65)66/h12-13,22-23,25-30,38H,5-11,14-21,24,31-37H2,1-4H3,(H3,61,62,63,64,65,66,67,68,69)/p+1/b40-26+,47-30?. The van der Waals surface area contributed by atoms with Gasteiger partial charge in [-0.1, -0.05) is 82.7 Å². The molecule has 0 aromatic heterocycles. The van der Waals surface area contributed by atoms with Crippen molar-refractivity contribution in [3.63, 3.8) is 0 Å². The van der Waals surface area contributed by atoms with Crippen molar-refractivity contribution in [1.82, 2.24) is 10.4 Å².